The maximum atomic E-state index is 11.7. The minimum Gasteiger partial charge on any atom is -0.449 e. The summed E-state index contributed by atoms with van der Waals surface area (Å²) >= 11 is 0. The first kappa shape index (κ1) is 13.3. The molecule has 2 aliphatic rings. The highest BCUT2D eigenvalue weighted by atomic mass is 16.6. The van der Waals surface area contributed by atoms with Gasteiger partial charge in [0.15, 0.2) is 5.78 Å². The lowest BCUT2D eigenvalue weighted by Gasteiger charge is -2.37. The minimum absolute atomic E-state index is 0.175. The van der Waals surface area contributed by atoms with Gasteiger partial charge in [0.05, 0.1) is 12.2 Å². The van der Waals surface area contributed by atoms with Crippen molar-refractivity contribution in [2.24, 2.45) is 0 Å². The monoisotopic (exact) mass is 255 g/mol. The molecule has 0 unspecified atom stereocenters. The number of amides is 1. The predicted octanol–water partition coefficient (Wildman–Crippen LogP) is 1.75. The number of carbonyl (C=O) groups excluding carboxylic acids is 2. The summed E-state index contributed by atoms with van der Waals surface area (Å²) in [6.07, 6.45) is 3.67. The molecule has 0 aromatic carbocycles. The van der Waals surface area contributed by atoms with Crippen LogP contribution in [0.3, 0.4) is 0 Å². The van der Waals surface area contributed by atoms with Gasteiger partial charge in [0.25, 0.3) is 0 Å². The average molecular weight is 255 g/mol. The molecule has 0 saturated carbocycles. The van der Waals surface area contributed by atoms with E-state index in [1.54, 1.807) is 4.90 Å². The van der Waals surface area contributed by atoms with Gasteiger partial charge in [0.1, 0.15) is 6.61 Å². The molecule has 102 valence electrons. The van der Waals surface area contributed by atoms with E-state index in [9.17, 15) is 9.59 Å². The standard InChI is InChI=1S/C13H21NO4/c1-2-3-8-17-12(16)14-6-4-13(5-7-14)9-11(15)10-18-13/h2-10H2,1H3. The summed E-state index contributed by atoms with van der Waals surface area (Å²) in [7, 11) is 0. The summed E-state index contributed by atoms with van der Waals surface area (Å²) in [5.74, 6) is 0.175. The Morgan fingerprint density at radius 1 is 1.44 bits per heavy atom. The van der Waals surface area contributed by atoms with Crippen LogP contribution in [0.2, 0.25) is 0 Å². The number of rotatable bonds is 3. The van der Waals surface area contributed by atoms with Crippen molar-refractivity contribution in [3.63, 3.8) is 0 Å². The van der Waals surface area contributed by atoms with Crippen LogP contribution >= 0.6 is 0 Å². The van der Waals surface area contributed by atoms with Crippen LogP contribution in [-0.4, -0.2) is 48.7 Å². The van der Waals surface area contributed by atoms with Crippen LogP contribution in [0, 0.1) is 0 Å². The number of piperidine rings is 1. The maximum Gasteiger partial charge on any atom is 0.409 e. The van der Waals surface area contributed by atoms with Gasteiger partial charge in [-0.1, -0.05) is 13.3 Å². The van der Waals surface area contributed by atoms with Crippen molar-refractivity contribution in [3.05, 3.63) is 0 Å². The molecular formula is C13H21NO4. The topological polar surface area (TPSA) is 55.8 Å². The van der Waals surface area contributed by atoms with E-state index < -0.39 is 0 Å². The van der Waals surface area contributed by atoms with E-state index >= 15 is 0 Å². The minimum atomic E-state index is -0.294. The molecule has 0 aliphatic carbocycles. The van der Waals surface area contributed by atoms with E-state index in [1.807, 2.05) is 0 Å². The Bertz CT molecular complexity index is 321. The van der Waals surface area contributed by atoms with Crippen molar-refractivity contribution >= 4 is 11.9 Å². The molecular weight excluding hydrogens is 234 g/mol. The molecule has 0 atom stereocenters. The smallest absolute Gasteiger partial charge is 0.409 e. The summed E-state index contributed by atoms with van der Waals surface area (Å²) < 4.78 is 10.8. The molecule has 2 saturated heterocycles. The Morgan fingerprint density at radius 3 is 2.72 bits per heavy atom. The predicted molar refractivity (Wildman–Crippen MR) is 65.4 cm³/mol. The summed E-state index contributed by atoms with van der Waals surface area (Å²) in [4.78, 5) is 24.7. The van der Waals surface area contributed by atoms with E-state index in [-0.39, 0.29) is 24.1 Å². The van der Waals surface area contributed by atoms with E-state index in [2.05, 4.69) is 6.92 Å². The molecule has 0 radical (unpaired) electrons. The van der Waals surface area contributed by atoms with Gasteiger partial charge < -0.3 is 14.4 Å². The van der Waals surface area contributed by atoms with E-state index in [1.165, 1.54) is 0 Å². The molecule has 2 heterocycles. The van der Waals surface area contributed by atoms with Gasteiger partial charge >= 0.3 is 6.09 Å². The summed E-state index contributed by atoms with van der Waals surface area (Å²) in [5.41, 5.74) is -0.294. The van der Waals surface area contributed by atoms with Crippen LogP contribution in [0.4, 0.5) is 4.79 Å². The van der Waals surface area contributed by atoms with E-state index in [0.29, 0.717) is 26.1 Å². The lowest BCUT2D eigenvalue weighted by molar-refractivity contribution is -0.117. The third-order valence-electron chi connectivity index (χ3n) is 3.71. The normalized spacial score (nSPS) is 22.5. The number of carbonyl (C=O) groups is 2. The number of likely N-dealkylation sites (tertiary alicyclic amines) is 1. The first-order chi connectivity index (χ1) is 8.65. The van der Waals surface area contributed by atoms with Gasteiger partial charge in [-0.05, 0) is 19.3 Å². The van der Waals surface area contributed by atoms with Crippen LogP contribution in [0.1, 0.15) is 39.0 Å². The van der Waals surface area contributed by atoms with E-state index in [4.69, 9.17) is 9.47 Å². The number of Topliss-reactive ketones (excluding diaryl/α,β-unsaturated/α-hetero) is 1. The molecule has 0 aromatic heterocycles. The van der Waals surface area contributed by atoms with Crippen molar-refractivity contribution < 1.29 is 19.1 Å². The number of ether oxygens (including phenoxy) is 2. The number of hydrogen-bond donors (Lipinski definition) is 0. The quantitative estimate of drug-likeness (QED) is 0.721. The van der Waals surface area contributed by atoms with Crippen LogP contribution < -0.4 is 0 Å². The fourth-order valence-electron chi connectivity index (χ4n) is 2.51. The van der Waals surface area contributed by atoms with Gasteiger partial charge in [-0.3, -0.25) is 4.79 Å². The molecule has 2 fully saturated rings. The Labute approximate surface area is 107 Å². The lowest BCUT2D eigenvalue weighted by Crippen LogP contribution is -2.46. The number of nitrogens with zero attached hydrogens (tertiary/aromatic N) is 1. The molecule has 2 aliphatic heterocycles. The molecule has 2 rings (SSSR count). The Kier molecular flexibility index (Phi) is 4.22. The Balaban J connectivity index is 1.76. The molecule has 0 aromatic rings. The largest absolute Gasteiger partial charge is 0.449 e. The van der Waals surface area contributed by atoms with Crippen molar-refractivity contribution in [1.82, 2.24) is 4.90 Å². The van der Waals surface area contributed by atoms with Gasteiger partial charge in [-0.25, -0.2) is 4.79 Å². The fourth-order valence-corrected chi connectivity index (χ4v) is 2.51. The molecule has 1 spiro atoms. The summed E-state index contributed by atoms with van der Waals surface area (Å²) in [6, 6.07) is 0. The third kappa shape index (κ3) is 3.02. The van der Waals surface area contributed by atoms with Gasteiger partial charge in [0, 0.05) is 19.5 Å². The highest BCUT2D eigenvalue weighted by Crippen LogP contribution is 2.34. The lowest BCUT2D eigenvalue weighted by atomic mass is 9.88. The molecule has 5 heteroatoms. The second-order valence-electron chi connectivity index (χ2n) is 5.14. The highest BCUT2D eigenvalue weighted by molar-refractivity contribution is 5.82. The van der Waals surface area contributed by atoms with Crippen molar-refractivity contribution in [1.29, 1.82) is 0 Å². The van der Waals surface area contributed by atoms with Crippen molar-refractivity contribution in [3.8, 4) is 0 Å². The summed E-state index contributed by atoms with van der Waals surface area (Å²) in [6.45, 7) is 4.04. The molecule has 0 N–H and O–H groups in total. The van der Waals surface area contributed by atoms with Crippen LogP contribution in [-0.2, 0) is 14.3 Å². The summed E-state index contributed by atoms with van der Waals surface area (Å²) in [5, 5.41) is 0. The zero-order valence-corrected chi connectivity index (χ0v) is 10.9. The SMILES string of the molecule is CCCCOC(=O)N1CCC2(CC1)CC(=O)CO2. The first-order valence-electron chi connectivity index (χ1n) is 6.72. The van der Waals surface area contributed by atoms with Crippen LogP contribution in [0.5, 0.6) is 0 Å². The fraction of sp³-hybridized carbons (Fsp3) is 0.846. The van der Waals surface area contributed by atoms with Crippen molar-refractivity contribution in [2.45, 2.75) is 44.6 Å². The number of ketones is 1. The second kappa shape index (κ2) is 5.69. The molecule has 1 amide bonds. The number of unbranched alkanes of at least 4 members (excludes halogenated alkanes) is 1. The van der Waals surface area contributed by atoms with Crippen LogP contribution in [0.25, 0.3) is 0 Å². The van der Waals surface area contributed by atoms with Gasteiger partial charge in [-0.2, -0.15) is 0 Å². The zero-order chi connectivity index (χ0) is 13.0. The highest BCUT2D eigenvalue weighted by Gasteiger charge is 2.43. The van der Waals surface area contributed by atoms with Crippen molar-refractivity contribution in [2.75, 3.05) is 26.3 Å². The Morgan fingerprint density at radius 2 is 2.17 bits per heavy atom. The third-order valence-corrected chi connectivity index (χ3v) is 3.71. The Hall–Kier alpha value is -1.10. The maximum absolute atomic E-state index is 11.7. The zero-order valence-electron chi connectivity index (χ0n) is 10.9. The molecule has 5 nitrogen and oxygen atoms in total. The molecule has 18 heavy (non-hydrogen) atoms. The first-order valence-corrected chi connectivity index (χ1v) is 6.72. The second-order valence-corrected chi connectivity index (χ2v) is 5.14. The molecule has 0 bridgehead atoms. The number of hydrogen-bond acceptors (Lipinski definition) is 4. The van der Waals surface area contributed by atoms with Gasteiger partial charge in [0.2, 0.25) is 0 Å². The van der Waals surface area contributed by atoms with Crippen LogP contribution in [0.15, 0.2) is 0 Å². The van der Waals surface area contributed by atoms with Gasteiger partial charge in [-0.15, -0.1) is 0 Å². The van der Waals surface area contributed by atoms with E-state index in [0.717, 1.165) is 25.7 Å². The average Bonchev–Trinajstić information content (AvgIpc) is 2.72.